The molecule has 1 aliphatic rings. The van der Waals surface area contributed by atoms with Crippen LogP contribution in [0, 0.1) is 11.1 Å². The van der Waals surface area contributed by atoms with Gasteiger partial charge in [0.25, 0.3) is 5.82 Å². The molecule has 0 saturated carbocycles. The van der Waals surface area contributed by atoms with E-state index in [0.29, 0.717) is 36.5 Å². The van der Waals surface area contributed by atoms with Crippen LogP contribution in [0.3, 0.4) is 0 Å². The number of hydrogen-bond donors (Lipinski definition) is 1. The number of methoxy groups -OCH3 is 1. The number of benzene rings is 1. The molecule has 1 N–H and O–H groups in total. The van der Waals surface area contributed by atoms with Crippen LogP contribution in [0.5, 0.6) is 5.75 Å². The lowest BCUT2D eigenvalue weighted by Gasteiger charge is -2.23. The van der Waals surface area contributed by atoms with E-state index < -0.39 is 23.6 Å². The van der Waals surface area contributed by atoms with Gasteiger partial charge in [-0.25, -0.2) is 4.73 Å². The average molecular weight is 500 g/mol. The molecule has 1 aromatic heterocycles. The minimum Gasteiger partial charge on any atom is -0.711 e. The van der Waals surface area contributed by atoms with Gasteiger partial charge in [-0.05, 0) is 56.5 Å². The molecule has 10 nitrogen and oxygen atoms in total. The van der Waals surface area contributed by atoms with Crippen LogP contribution in [0.25, 0.3) is 0 Å². The summed E-state index contributed by atoms with van der Waals surface area (Å²) in [6, 6.07) is 10.4. The van der Waals surface area contributed by atoms with E-state index >= 15 is 0 Å². The number of anilines is 1. The van der Waals surface area contributed by atoms with Crippen molar-refractivity contribution >= 4 is 23.8 Å². The van der Waals surface area contributed by atoms with Crippen molar-refractivity contribution < 1.29 is 33.3 Å². The number of carbonyl (C=O) groups is 3. The van der Waals surface area contributed by atoms with Crippen molar-refractivity contribution in [3.63, 3.8) is 0 Å². The number of ether oxygens (including phenoxy) is 3. The zero-order chi connectivity index (χ0) is 26.3. The van der Waals surface area contributed by atoms with Crippen LogP contribution >= 0.6 is 0 Å². The molecule has 1 aromatic carbocycles. The fourth-order valence-corrected chi connectivity index (χ4v) is 3.85. The van der Waals surface area contributed by atoms with E-state index in [9.17, 15) is 19.6 Å². The summed E-state index contributed by atoms with van der Waals surface area (Å²) in [5.41, 5.74) is 1.18. The lowest BCUT2D eigenvalue weighted by atomic mass is 9.94. The maximum atomic E-state index is 12.8. The molecule has 2 aromatic rings. The minimum absolute atomic E-state index is 0.0267. The van der Waals surface area contributed by atoms with Crippen molar-refractivity contribution in [1.82, 2.24) is 5.32 Å². The molecule has 2 amide bonds. The Morgan fingerprint density at radius 1 is 1.19 bits per heavy atom. The second-order valence-electron chi connectivity index (χ2n) is 9.55. The van der Waals surface area contributed by atoms with Gasteiger partial charge in [-0.1, -0.05) is 12.1 Å². The van der Waals surface area contributed by atoms with E-state index in [-0.39, 0.29) is 24.7 Å². The Morgan fingerprint density at radius 2 is 1.97 bits per heavy atom. The van der Waals surface area contributed by atoms with Gasteiger partial charge in [0, 0.05) is 19.0 Å². The van der Waals surface area contributed by atoms with E-state index in [0.717, 1.165) is 11.1 Å². The topological polar surface area (TPSA) is 121 Å². The van der Waals surface area contributed by atoms with Gasteiger partial charge in [-0.3, -0.25) is 9.59 Å². The van der Waals surface area contributed by atoms with Crippen LogP contribution in [-0.4, -0.2) is 43.8 Å². The van der Waals surface area contributed by atoms with Crippen molar-refractivity contribution in [2.24, 2.45) is 5.92 Å². The fourth-order valence-electron chi connectivity index (χ4n) is 3.85. The second kappa shape index (κ2) is 11.7. The van der Waals surface area contributed by atoms with E-state index in [4.69, 9.17) is 14.2 Å². The van der Waals surface area contributed by atoms with Gasteiger partial charge in [0.05, 0.1) is 32.3 Å². The first-order valence-electron chi connectivity index (χ1n) is 11.8. The number of hydrogen-bond acceptors (Lipinski definition) is 7. The van der Waals surface area contributed by atoms with Crippen molar-refractivity contribution in [3.8, 4) is 5.75 Å². The zero-order valence-corrected chi connectivity index (χ0v) is 21.1. The molecule has 0 spiro atoms. The lowest BCUT2D eigenvalue weighted by molar-refractivity contribution is -0.591. The van der Waals surface area contributed by atoms with Crippen molar-refractivity contribution in [2.45, 2.75) is 52.2 Å². The fraction of sp³-hybridized carbons (Fsp3) is 0.462. The molecule has 3 rings (SSSR count). The minimum atomic E-state index is -0.707. The highest BCUT2D eigenvalue weighted by Gasteiger charge is 2.31. The van der Waals surface area contributed by atoms with Crippen molar-refractivity contribution in [3.05, 3.63) is 58.9 Å². The molecule has 0 aliphatic carbocycles. The Bertz CT molecular complexity index is 1100. The van der Waals surface area contributed by atoms with Crippen LogP contribution in [0.2, 0.25) is 0 Å². The normalized spacial score (nSPS) is 15.2. The first kappa shape index (κ1) is 26.8. The molecular weight excluding hydrogens is 466 g/mol. The van der Waals surface area contributed by atoms with Crippen molar-refractivity contribution in [1.29, 1.82) is 0 Å². The van der Waals surface area contributed by atoms with Gasteiger partial charge >= 0.3 is 12.1 Å². The highest BCUT2D eigenvalue weighted by atomic mass is 16.6. The third-order valence-electron chi connectivity index (χ3n) is 5.60. The predicted molar refractivity (Wildman–Crippen MR) is 131 cm³/mol. The molecule has 36 heavy (non-hydrogen) atoms. The van der Waals surface area contributed by atoms with Gasteiger partial charge < -0.3 is 24.7 Å². The Kier molecular flexibility index (Phi) is 8.73. The molecule has 10 heteroatoms. The molecular formula is C26H33N3O7. The Hall–Kier alpha value is -3.82. The standard InChI is InChI=1S/C26H33N3O7/c1-26(2,3)36-25(32)28(22-8-5-6-12-29(22)33)11-7-13-35-21-10-9-18-14-19(16-23(30)34-4)24(31)27-17-20(18)15-21/h5-6,8-10,12,15,19H,7,11,13-14,16-17H2,1-4H3,(H,27,31)/t19-/m0/s1. The number of carbonyl (C=O) groups excluding carboxylic acids is 3. The number of rotatable bonds is 8. The summed E-state index contributed by atoms with van der Waals surface area (Å²) >= 11 is 0. The van der Waals surface area contributed by atoms with E-state index in [1.54, 1.807) is 39.0 Å². The van der Waals surface area contributed by atoms with Gasteiger partial charge in [0.15, 0.2) is 0 Å². The van der Waals surface area contributed by atoms with Crippen LogP contribution in [0.4, 0.5) is 10.6 Å². The highest BCUT2D eigenvalue weighted by molar-refractivity contribution is 5.86. The van der Waals surface area contributed by atoms with Crippen molar-refractivity contribution in [2.75, 3.05) is 25.2 Å². The molecule has 0 saturated heterocycles. The average Bonchev–Trinajstić information content (AvgIpc) is 2.97. The molecule has 2 heterocycles. The second-order valence-corrected chi connectivity index (χ2v) is 9.55. The summed E-state index contributed by atoms with van der Waals surface area (Å²) in [6.45, 7) is 6.15. The number of esters is 1. The number of fused-ring (bicyclic) bond motifs is 1. The molecule has 0 radical (unpaired) electrons. The van der Waals surface area contributed by atoms with Crippen LogP contribution in [-0.2, 0) is 32.0 Å². The quantitative estimate of drug-likeness (QED) is 0.257. The summed E-state index contributed by atoms with van der Waals surface area (Å²) in [4.78, 5) is 38.1. The first-order valence-corrected chi connectivity index (χ1v) is 11.8. The van der Waals surface area contributed by atoms with Gasteiger partial charge in [-0.2, -0.15) is 9.69 Å². The Labute approximate surface area is 210 Å². The predicted octanol–water partition coefficient (Wildman–Crippen LogP) is 2.88. The zero-order valence-electron chi connectivity index (χ0n) is 21.1. The number of nitrogens with zero attached hydrogens (tertiary/aromatic N) is 2. The highest BCUT2D eigenvalue weighted by Crippen LogP contribution is 2.25. The third-order valence-corrected chi connectivity index (χ3v) is 5.60. The summed E-state index contributed by atoms with van der Waals surface area (Å²) in [6.07, 6.45) is 1.63. The summed E-state index contributed by atoms with van der Waals surface area (Å²) in [5, 5.41) is 15.1. The first-order chi connectivity index (χ1) is 17.1. The van der Waals surface area contributed by atoms with E-state index in [2.05, 4.69) is 5.32 Å². The lowest BCUT2D eigenvalue weighted by Crippen LogP contribution is -2.44. The maximum Gasteiger partial charge on any atom is 0.507 e. The monoisotopic (exact) mass is 499 g/mol. The molecule has 194 valence electrons. The molecule has 1 aliphatic heterocycles. The van der Waals surface area contributed by atoms with Gasteiger partial charge in [0.2, 0.25) is 5.91 Å². The summed E-state index contributed by atoms with van der Waals surface area (Å²) < 4.78 is 16.7. The molecule has 0 bridgehead atoms. The Balaban J connectivity index is 1.62. The van der Waals surface area contributed by atoms with Crippen LogP contribution in [0.1, 0.15) is 44.7 Å². The molecule has 0 fully saturated rings. The van der Waals surface area contributed by atoms with Gasteiger partial charge in [-0.15, -0.1) is 0 Å². The van der Waals surface area contributed by atoms with Crippen LogP contribution in [0.15, 0.2) is 42.6 Å². The van der Waals surface area contributed by atoms with E-state index in [1.165, 1.54) is 18.2 Å². The molecule has 1 atom stereocenters. The Morgan fingerprint density at radius 3 is 2.67 bits per heavy atom. The SMILES string of the molecule is COC(=O)C[C@@H]1Cc2ccc(OCCCN(C(=O)OC(C)(C)C)c3cccc[n+]3[O-])cc2CNC1=O. The third kappa shape index (κ3) is 7.34. The summed E-state index contributed by atoms with van der Waals surface area (Å²) in [7, 11) is 1.31. The van der Waals surface area contributed by atoms with Crippen LogP contribution < -0.4 is 19.7 Å². The number of amides is 2. The number of nitrogens with one attached hydrogen (secondary N) is 1. The van der Waals surface area contributed by atoms with Gasteiger partial charge in [0.1, 0.15) is 17.9 Å². The largest absolute Gasteiger partial charge is 0.711 e. The molecule has 0 unspecified atom stereocenters. The van der Waals surface area contributed by atoms with E-state index in [1.807, 2.05) is 18.2 Å². The number of pyridine rings is 1. The smallest absolute Gasteiger partial charge is 0.507 e. The maximum absolute atomic E-state index is 12.8. The number of aromatic nitrogens is 1. The summed E-state index contributed by atoms with van der Waals surface area (Å²) in [5.74, 6) is -0.285.